The molecule has 0 unspecified atom stereocenters. The Kier molecular flexibility index (Phi) is 5.49. The molecule has 2 rings (SSSR count). The second-order valence-electron chi connectivity index (χ2n) is 4.06. The predicted molar refractivity (Wildman–Crippen MR) is 83.2 cm³/mol. The fraction of sp³-hybridized carbons (Fsp3) is 0.214. The summed E-state index contributed by atoms with van der Waals surface area (Å²) in [4.78, 5) is 4.20. The van der Waals surface area contributed by atoms with Crippen molar-refractivity contribution in [1.29, 1.82) is 0 Å². The van der Waals surface area contributed by atoms with Crippen molar-refractivity contribution in [3.8, 4) is 11.6 Å². The van der Waals surface area contributed by atoms with E-state index in [0.29, 0.717) is 33.2 Å². The van der Waals surface area contributed by atoms with E-state index >= 15 is 0 Å². The van der Waals surface area contributed by atoms with Gasteiger partial charge in [-0.2, -0.15) is 0 Å². The van der Waals surface area contributed by atoms with E-state index in [1.165, 1.54) is 0 Å². The minimum Gasteiger partial charge on any atom is -0.436 e. The van der Waals surface area contributed by atoms with Crippen LogP contribution in [-0.4, -0.2) is 11.5 Å². The molecule has 0 fully saturated rings. The van der Waals surface area contributed by atoms with Crippen LogP contribution in [0.3, 0.4) is 0 Å². The van der Waals surface area contributed by atoms with Crippen molar-refractivity contribution < 1.29 is 4.74 Å². The SMILES string of the molecule is CCNCc1cnc(Oc2cccc(Cl)c2Cl)c(Cl)c1. The van der Waals surface area contributed by atoms with Gasteiger partial charge in [0.05, 0.1) is 5.02 Å². The van der Waals surface area contributed by atoms with Crippen molar-refractivity contribution in [1.82, 2.24) is 10.3 Å². The quantitative estimate of drug-likeness (QED) is 0.842. The second kappa shape index (κ2) is 7.14. The summed E-state index contributed by atoms with van der Waals surface area (Å²) in [6, 6.07) is 6.95. The highest BCUT2D eigenvalue weighted by atomic mass is 35.5. The number of ether oxygens (including phenoxy) is 1. The van der Waals surface area contributed by atoms with E-state index in [1.807, 2.05) is 13.0 Å². The maximum atomic E-state index is 6.16. The van der Waals surface area contributed by atoms with Crippen molar-refractivity contribution in [3.05, 3.63) is 51.1 Å². The van der Waals surface area contributed by atoms with E-state index in [-0.39, 0.29) is 0 Å². The number of aromatic nitrogens is 1. The third kappa shape index (κ3) is 3.76. The molecule has 1 aromatic carbocycles. The number of hydrogen-bond donors (Lipinski definition) is 1. The van der Waals surface area contributed by atoms with Crippen LogP contribution in [-0.2, 0) is 6.54 Å². The molecule has 0 aliphatic rings. The molecular formula is C14H13Cl3N2O. The Labute approximate surface area is 132 Å². The van der Waals surface area contributed by atoms with Gasteiger partial charge in [0.15, 0.2) is 0 Å². The Bertz CT molecular complexity index is 605. The van der Waals surface area contributed by atoms with Gasteiger partial charge in [-0.15, -0.1) is 0 Å². The number of pyridine rings is 1. The first kappa shape index (κ1) is 15.4. The minimum absolute atomic E-state index is 0.302. The number of nitrogens with one attached hydrogen (secondary N) is 1. The van der Waals surface area contributed by atoms with Crippen molar-refractivity contribution in [3.63, 3.8) is 0 Å². The van der Waals surface area contributed by atoms with Crippen LogP contribution >= 0.6 is 34.8 Å². The van der Waals surface area contributed by atoms with Gasteiger partial charge in [0.1, 0.15) is 15.8 Å². The number of benzene rings is 1. The molecule has 0 aliphatic heterocycles. The highest BCUT2D eigenvalue weighted by Gasteiger charge is 2.10. The Morgan fingerprint density at radius 1 is 1.20 bits per heavy atom. The normalized spacial score (nSPS) is 10.6. The number of nitrogens with zero attached hydrogens (tertiary/aromatic N) is 1. The lowest BCUT2D eigenvalue weighted by Crippen LogP contribution is -2.11. The summed E-state index contributed by atoms with van der Waals surface area (Å²) in [5.74, 6) is 0.726. The van der Waals surface area contributed by atoms with E-state index in [4.69, 9.17) is 39.5 Å². The van der Waals surface area contributed by atoms with Gasteiger partial charge < -0.3 is 10.1 Å². The van der Waals surface area contributed by atoms with E-state index in [2.05, 4.69) is 10.3 Å². The van der Waals surface area contributed by atoms with E-state index in [9.17, 15) is 0 Å². The average Bonchev–Trinajstić information content (AvgIpc) is 2.44. The summed E-state index contributed by atoms with van der Waals surface area (Å²) < 4.78 is 5.60. The Morgan fingerprint density at radius 3 is 2.70 bits per heavy atom. The summed E-state index contributed by atoms with van der Waals surface area (Å²) >= 11 is 18.1. The Balaban J connectivity index is 2.19. The lowest BCUT2D eigenvalue weighted by Gasteiger charge is -2.10. The molecule has 0 spiro atoms. The monoisotopic (exact) mass is 330 g/mol. The van der Waals surface area contributed by atoms with Gasteiger partial charge in [0.2, 0.25) is 5.88 Å². The molecule has 106 valence electrons. The van der Waals surface area contributed by atoms with Crippen LogP contribution in [0.5, 0.6) is 11.6 Å². The fourth-order valence-electron chi connectivity index (χ4n) is 1.57. The van der Waals surface area contributed by atoms with Crippen LogP contribution in [0.25, 0.3) is 0 Å². The zero-order valence-corrected chi connectivity index (χ0v) is 13.1. The van der Waals surface area contributed by atoms with Crippen molar-refractivity contribution in [2.45, 2.75) is 13.5 Å². The molecule has 0 amide bonds. The summed E-state index contributed by atoms with van der Waals surface area (Å²) in [6.07, 6.45) is 1.71. The standard InChI is InChI=1S/C14H13Cl3N2O/c1-2-18-7-9-6-11(16)14(19-8-9)20-12-5-3-4-10(15)13(12)17/h3-6,8,18H,2,7H2,1H3. The molecule has 3 nitrogen and oxygen atoms in total. The zero-order valence-electron chi connectivity index (χ0n) is 10.8. The minimum atomic E-state index is 0.302. The van der Waals surface area contributed by atoms with E-state index in [0.717, 1.165) is 12.1 Å². The molecule has 0 atom stereocenters. The smallest absolute Gasteiger partial charge is 0.238 e. The van der Waals surface area contributed by atoms with Crippen LogP contribution < -0.4 is 10.1 Å². The largest absolute Gasteiger partial charge is 0.436 e. The van der Waals surface area contributed by atoms with E-state index < -0.39 is 0 Å². The third-order valence-corrected chi connectivity index (χ3v) is 3.64. The van der Waals surface area contributed by atoms with Gasteiger partial charge in [-0.3, -0.25) is 0 Å². The Morgan fingerprint density at radius 2 is 2.00 bits per heavy atom. The fourth-order valence-corrected chi connectivity index (χ4v) is 2.13. The van der Waals surface area contributed by atoms with Gasteiger partial charge in [-0.1, -0.05) is 47.8 Å². The van der Waals surface area contributed by atoms with Crippen molar-refractivity contribution in [2.75, 3.05) is 6.54 Å². The predicted octanol–water partition coefficient (Wildman–Crippen LogP) is 4.94. The summed E-state index contributed by atoms with van der Waals surface area (Å²) in [6.45, 7) is 3.63. The maximum absolute atomic E-state index is 6.16. The summed E-state index contributed by atoms with van der Waals surface area (Å²) in [7, 11) is 0. The molecule has 1 N–H and O–H groups in total. The summed E-state index contributed by atoms with van der Waals surface area (Å²) in [5.41, 5.74) is 0.987. The molecule has 20 heavy (non-hydrogen) atoms. The number of halogens is 3. The number of rotatable bonds is 5. The molecule has 1 heterocycles. The molecular weight excluding hydrogens is 319 g/mol. The van der Waals surface area contributed by atoms with E-state index in [1.54, 1.807) is 24.4 Å². The molecule has 6 heteroatoms. The maximum Gasteiger partial charge on any atom is 0.238 e. The highest BCUT2D eigenvalue weighted by molar-refractivity contribution is 6.43. The number of hydrogen-bond acceptors (Lipinski definition) is 3. The zero-order chi connectivity index (χ0) is 14.5. The van der Waals surface area contributed by atoms with Gasteiger partial charge >= 0.3 is 0 Å². The summed E-state index contributed by atoms with van der Waals surface area (Å²) in [5, 5.41) is 4.38. The molecule has 2 aromatic rings. The van der Waals surface area contributed by atoms with Crippen LogP contribution in [0.2, 0.25) is 15.1 Å². The molecule has 0 aliphatic carbocycles. The second-order valence-corrected chi connectivity index (χ2v) is 5.26. The first-order valence-corrected chi connectivity index (χ1v) is 7.22. The Hall–Kier alpha value is -1.000. The van der Waals surface area contributed by atoms with Gasteiger partial charge in [-0.05, 0) is 30.3 Å². The first-order chi connectivity index (χ1) is 9.61. The van der Waals surface area contributed by atoms with Crippen LogP contribution in [0.1, 0.15) is 12.5 Å². The molecule has 0 saturated carbocycles. The topological polar surface area (TPSA) is 34.2 Å². The van der Waals surface area contributed by atoms with Crippen molar-refractivity contribution >= 4 is 34.8 Å². The molecule has 0 radical (unpaired) electrons. The van der Waals surface area contributed by atoms with Crippen LogP contribution in [0.4, 0.5) is 0 Å². The lowest BCUT2D eigenvalue weighted by atomic mass is 10.3. The van der Waals surface area contributed by atoms with Crippen LogP contribution in [0.15, 0.2) is 30.5 Å². The average molecular weight is 332 g/mol. The molecule has 1 aromatic heterocycles. The molecule has 0 bridgehead atoms. The van der Waals surface area contributed by atoms with Crippen LogP contribution in [0, 0.1) is 0 Å². The van der Waals surface area contributed by atoms with Crippen molar-refractivity contribution in [2.24, 2.45) is 0 Å². The third-order valence-electron chi connectivity index (χ3n) is 2.57. The highest BCUT2D eigenvalue weighted by Crippen LogP contribution is 2.36. The van der Waals surface area contributed by atoms with Gasteiger partial charge in [-0.25, -0.2) is 4.98 Å². The van der Waals surface area contributed by atoms with Gasteiger partial charge in [0, 0.05) is 12.7 Å². The molecule has 0 saturated heterocycles. The van der Waals surface area contributed by atoms with Gasteiger partial charge in [0.25, 0.3) is 0 Å². The lowest BCUT2D eigenvalue weighted by molar-refractivity contribution is 0.463. The first-order valence-electron chi connectivity index (χ1n) is 6.08.